The normalized spacial score (nSPS) is 24.6. The van der Waals surface area contributed by atoms with Crippen molar-refractivity contribution in [3.05, 3.63) is 21.9 Å². The number of ether oxygens (including phenoxy) is 1. The maximum atomic E-state index is 10.3. The number of likely N-dealkylation sites (N-methyl/N-ethyl adjacent to an activating group) is 1. The van der Waals surface area contributed by atoms with E-state index in [1.807, 2.05) is 18.4 Å². The Kier molecular flexibility index (Phi) is 3.97. The quantitative estimate of drug-likeness (QED) is 0.876. The lowest BCUT2D eigenvalue weighted by Crippen LogP contribution is -2.44. The molecule has 0 spiro atoms. The lowest BCUT2D eigenvalue weighted by Gasteiger charge is -2.34. The molecule has 3 nitrogen and oxygen atoms in total. The number of aliphatic hydroxyl groups is 1. The Morgan fingerprint density at radius 1 is 1.69 bits per heavy atom. The van der Waals surface area contributed by atoms with Crippen molar-refractivity contribution in [2.24, 2.45) is 0 Å². The fourth-order valence-electron chi connectivity index (χ4n) is 2.07. The fraction of sp³-hybridized carbons (Fsp3) is 0.667. The lowest BCUT2D eigenvalue weighted by molar-refractivity contribution is -0.0879. The van der Waals surface area contributed by atoms with E-state index in [2.05, 4.69) is 11.8 Å². The number of aryl methyl sites for hydroxylation is 1. The van der Waals surface area contributed by atoms with Crippen molar-refractivity contribution >= 4 is 11.3 Å². The highest BCUT2D eigenvalue weighted by atomic mass is 32.1. The Balaban J connectivity index is 2.04. The number of hydrogen-bond acceptors (Lipinski definition) is 4. The van der Waals surface area contributed by atoms with E-state index in [0.29, 0.717) is 0 Å². The molecule has 16 heavy (non-hydrogen) atoms. The van der Waals surface area contributed by atoms with Crippen LogP contribution >= 0.6 is 11.3 Å². The maximum Gasteiger partial charge on any atom is 0.116 e. The monoisotopic (exact) mass is 241 g/mol. The van der Waals surface area contributed by atoms with Crippen molar-refractivity contribution in [1.29, 1.82) is 0 Å². The molecule has 0 aromatic carbocycles. The molecule has 2 unspecified atom stereocenters. The first-order chi connectivity index (χ1) is 7.72. The van der Waals surface area contributed by atoms with E-state index in [9.17, 15) is 5.11 Å². The van der Waals surface area contributed by atoms with Crippen molar-refractivity contribution in [3.63, 3.8) is 0 Å². The van der Waals surface area contributed by atoms with Crippen LogP contribution in [0.5, 0.6) is 0 Å². The average Bonchev–Trinajstić information content (AvgIpc) is 2.74. The molecule has 1 aromatic rings. The van der Waals surface area contributed by atoms with Crippen LogP contribution in [0.4, 0.5) is 0 Å². The van der Waals surface area contributed by atoms with E-state index in [4.69, 9.17) is 4.74 Å². The van der Waals surface area contributed by atoms with Crippen LogP contribution in [0.2, 0.25) is 0 Å². The van der Waals surface area contributed by atoms with Gasteiger partial charge < -0.3 is 9.84 Å². The Labute approximate surface area is 101 Å². The summed E-state index contributed by atoms with van der Waals surface area (Å²) in [7, 11) is 0. The Bertz CT molecular complexity index is 340. The van der Waals surface area contributed by atoms with E-state index in [1.54, 1.807) is 11.3 Å². The number of rotatable bonds is 3. The van der Waals surface area contributed by atoms with Crippen LogP contribution in [0.15, 0.2) is 11.4 Å². The minimum Gasteiger partial charge on any atom is -0.385 e. The Morgan fingerprint density at radius 3 is 3.12 bits per heavy atom. The molecule has 2 atom stereocenters. The standard InChI is InChI=1S/C12H19NO2S/c1-3-13-5-6-15-10(8-13)11(14)12-9(2)4-7-16-12/h4,7,10-11,14H,3,5-6,8H2,1-2H3. The van der Waals surface area contributed by atoms with Crippen LogP contribution in [0.3, 0.4) is 0 Å². The first kappa shape index (κ1) is 12.0. The van der Waals surface area contributed by atoms with Crippen LogP contribution < -0.4 is 0 Å². The molecule has 90 valence electrons. The van der Waals surface area contributed by atoms with Crippen LogP contribution in [-0.2, 0) is 4.74 Å². The van der Waals surface area contributed by atoms with Crippen LogP contribution in [0, 0.1) is 6.92 Å². The molecule has 1 fully saturated rings. The highest BCUT2D eigenvalue weighted by Gasteiger charge is 2.28. The van der Waals surface area contributed by atoms with Crippen molar-refractivity contribution in [1.82, 2.24) is 4.90 Å². The average molecular weight is 241 g/mol. The van der Waals surface area contributed by atoms with E-state index in [-0.39, 0.29) is 6.10 Å². The summed E-state index contributed by atoms with van der Waals surface area (Å²) >= 11 is 1.61. The first-order valence-corrected chi connectivity index (χ1v) is 6.66. The molecule has 1 saturated heterocycles. The van der Waals surface area contributed by atoms with E-state index >= 15 is 0 Å². The van der Waals surface area contributed by atoms with Gasteiger partial charge in [0.1, 0.15) is 12.2 Å². The van der Waals surface area contributed by atoms with Gasteiger partial charge in [-0.2, -0.15) is 0 Å². The number of thiophene rings is 1. The number of nitrogens with zero attached hydrogens (tertiary/aromatic N) is 1. The third-order valence-corrected chi connectivity index (χ3v) is 4.24. The Morgan fingerprint density at radius 2 is 2.50 bits per heavy atom. The molecule has 4 heteroatoms. The highest BCUT2D eigenvalue weighted by molar-refractivity contribution is 7.10. The number of aliphatic hydroxyl groups excluding tert-OH is 1. The predicted molar refractivity (Wildman–Crippen MR) is 65.9 cm³/mol. The summed E-state index contributed by atoms with van der Waals surface area (Å²) < 4.78 is 5.67. The zero-order chi connectivity index (χ0) is 11.5. The van der Waals surface area contributed by atoms with Crippen LogP contribution in [0.1, 0.15) is 23.5 Å². The summed E-state index contributed by atoms with van der Waals surface area (Å²) in [4.78, 5) is 3.36. The van der Waals surface area contributed by atoms with Crippen molar-refractivity contribution < 1.29 is 9.84 Å². The maximum absolute atomic E-state index is 10.3. The first-order valence-electron chi connectivity index (χ1n) is 5.78. The molecule has 0 radical (unpaired) electrons. The second-order valence-corrected chi connectivity index (χ2v) is 5.16. The van der Waals surface area contributed by atoms with E-state index < -0.39 is 6.10 Å². The fourth-order valence-corrected chi connectivity index (χ4v) is 3.03. The number of morpholine rings is 1. The molecule has 1 aliphatic rings. The van der Waals surface area contributed by atoms with E-state index in [1.165, 1.54) is 0 Å². The van der Waals surface area contributed by atoms with Gasteiger partial charge in [-0.1, -0.05) is 6.92 Å². The van der Waals surface area contributed by atoms with Crippen molar-refractivity contribution in [3.8, 4) is 0 Å². The molecule has 0 aliphatic carbocycles. The molecule has 1 aliphatic heterocycles. The smallest absolute Gasteiger partial charge is 0.116 e. The van der Waals surface area contributed by atoms with Gasteiger partial charge in [0.25, 0.3) is 0 Å². The summed E-state index contributed by atoms with van der Waals surface area (Å²) in [6, 6.07) is 2.05. The summed E-state index contributed by atoms with van der Waals surface area (Å²) in [5.74, 6) is 0. The topological polar surface area (TPSA) is 32.7 Å². The molecule has 2 heterocycles. The molecular formula is C12H19NO2S. The summed E-state index contributed by atoms with van der Waals surface area (Å²) in [5, 5.41) is 12.3. The van der Waals surface area contributed by atoms with Gasteiger partial charge in [0.05, 0.1) is 6.61 Å². The largest absolute Gasteiger partial charge is 0.385 e. The lowest BCUT2D eigenvalue weighted by atomic mass is 10.1. The van der Waals surface area contributed by atoms with Crippen LogP contribution in [0.25, 0.3) is 0 Å². The van der Waals surface area contributed by atoms with Crippen molar-refractivity contribution in [2.75, 3.05) is 26.2 Å². The molecule has 0 bridgehead atoms. The predicted octanol–water partition coefficient (Wildman–Crippen LogP) is 1.81. The van der Waals surface area contributed by atoms with Gasteiger partial charge in [-0.15, -0.1) is 11.3 Å². The number of hydrogen-bond donors (Lipinski definition) is 1. The van der Waals surface area contributed by atoms with E-state index in [0.717, 1.165) is 36.7 Å². The zero-order valence-corrected chi connectivity index (χ0v) is 10.7. The minimum atomic E-state index is -0.477. The summed E-state index contributed by atoms with van der Waals surface area (Å²) in [6.07, 6.45) is -0.555. The minimum absolute atomic E-state index is 0.0777. The second-order valence-electron chi connectivity index (χ2n) is 4.22. The van der Waals surface area contributed by atoms with Gasteiger partial charge in [-0.05, 0) is 30.5 Å². The van der Waals surface area contributed by atoms with Gasteiger partial charge in [0.15, 0.2) is 0 Å². The second kappa shape index (κ2) is 5.27. The van der Waals surface area contributed by atoms with Crippen LogP contribution in [-0.4, -0.2) is 42.4 Å². The summed E-state index contributed by atoms with van der Waals surface area (Å²) in [6.45, 7) is 7.73. The molecule has 2 rings (SSSR count). The Hall–Kier alpha value is -0.420. The molecule has 1 aromatic heterocycles. The van der Waals surface area contributed by atoms with Crippen molar-refractivity contribution in [2.45, 2.75) is 26.1 Å². The molecule has 0 saturated carbocycles. The third-order valence-electron chi connectivity index (χ3n) is 3.15. The van der Waals surface area contributed by atoms with Gasteiger partial charge in [0, 0.05) is 18.0 Å². The van der Waals surface area contributed by atoms with Gasteiger partial charge in [0.2, 0.25) is 0 Å². The SMILES string of the molecule is CCN1CCOC(C(O)c2sccc2C)C1. The van der Waals surface area contributed by atoms with Gasteiger partial charge in [-0.3, -0.25) is 4.90 Å². The van der Waals surface area contributed by atoms with Gasteiger partial charge >= 0.3 is 0 Å². The van der Waals surface area contributed by atoms with Gasteiger partial charge in [-0.25, -0.2) is 0 Å². The molecule has 0 amide bonds. The zero-order valence-electron chi connectivity index (χ0n) is 9.85. The molecular weight excluding hydrogens is 222 g/mol. The third kappa shape index (κ3) is 2.46. The molecule has 1 N–H and O–H groups in total. The highest BCUT2D eigenvalue weighted by Crippen LogP contribution is 2.29. The summed E-state index contributed by atoms with van der Waals surface area (Å²) in [5.41, 5.74) is 1.16.